The van der Waals surface area contributed by atoms with Gasteiger partial charge in [-0.25, -0.2) is 0 Å². The zero-order valence-corrected chi connectivity index (χ0v) is 11.7. The quantitative estimate of drug-likeness (QED) is 0.806. The Labute approximate surface area is 123 Å². The van der Waals surface area contributed by atoms with Crippen LogP contribution in [-0.4, -0.2) is 27.3 Å². The first-order valence-corrected chi connectivity index (χ1v) is 7.32. The molecule has 1 saturated carbocycles. The Morgan fingerprint density at radius 2 is 1.90 bits per heavy atom. The third kappa shape index (κ3) is 3.07. The fourth-order valence-corrected chi connectivity index (χ4v) is 2.93. The van der Waals surface area contributed by atoms with E-state index in [9.17, 15) is 4.79 Å². The molecule has 0 amide bonds. The Hall–Kier alpha value is -2.30. The third-order valence-corrected chi connectivity index (χ3v) is 4.14. The van der Waals surface area contributed by atoms with Crippen molar-refractivity contribution in [2.75, 3.05) is 5.32 Å². The Kier molecular flexibility index (Phi) is 3.90. The lowest BCUT2D eigenvalue weighted by molar-refractivity contribution is -0.142. The predicted octanol–water partition coefficient (Wildman–Crippen LogP) is 3.13. The van der Waals surface area contributed by atoms with Crippen LogP contribution in [0.4, 0.5) is 5.69 Å². The first-order valence-electron chi connectivity index (χ1n) is 7.32. The highest BCUT2D eigenvalue weighted by Crippen LogP contribution is 2.30. The summed E-state index contributed by atoms with van der Waals surface area (Å²) in [7, 11) is 0. The molecule has 0 aliphatic heterocycles. The summed E-state index contributed by atoms with van der Waals surface area (Å²) in [5.41, 5.74) is 3.06. The Morgan fingerprint density at radius 3 is 2.57 bits per heavy atom. The fourth-order valence-electron chi connectivity index (χ4n) is 2.93. The van der Waals surface area contributed by atoms with E-state index < -0.39 is 5.97 Å². The van der Waals surface area contributed by atoms with Crippen LogP contribution in [0.15, 0.2) is 36.5 Å². The number of H-pyrrole nitrogens is 1. The maximum atomic E-state index is 11.0. The van der Waals surface area contributed by atoms with E-state index >= 15 is 0 Å². The standard InChI is InChI=1S/C16H19N3O2/c20-16(21)12-6-8-13(9-7-12)18-14-10-17-19-15(14)11-4-2-1-3-5-11/h1-5,10,12-13,18H,6-9H2,(H,17,19)(H,20,21). The normalized spacial score (nSPS) is 21.9. The number of carboxylic acids is 1. The number of anilines is 1. The molecule has 2 aromatic rings. The lowest BCUT2D eigenvalue weighted by atomic mass is 9.86. The van der Waals surface area contributed by atoms with Gasteiger partial charge in [-0.2, -0.15) is 5.10 Å². The largest absolute Gasteiger partial charge is 0.481 e. The van der Waals surface area contributed by atoms with Gasteiger partial charge in [0.1, 0.15) is 0 Å². The van der Waals surface area contributed by atoms with Crippen LogP contribution in [0.25, 0.3) is 11.3 Å². The van der Waals surface area contributed by atoms with Crippen molar-refractivity contribution in [3.8, 4) is 11.3 Å². The molecule has 0 atom stereocenters. The van der Waals surface area contributed by atoms with Gasteiger partial charge >= 0.3 is 5.97 Å². The van der Waals surface area contributed by atoms with Crippen molar-refractivity contribution >= 4 is 11.7 Å². The first kappa shape index (κ1) is 13.7. The van der Waals surface area contributed by atoms with E-state index in [4.69, 9.17) is 5.11 Å². The number of benzene rings is 1. The van der Waals surface area contributed by atoms with Crippen molar-refractivity contribution in [3.63, 3.8) is 0 Å². The molecule has 3 rings (SSSR count). The molecule has 5 heteroatoms. The summed E-state index contributed by atoms with van der Waals surface area (Å²) in [5.74, 6) is -0.845. The van der Waals surface area contributed by atoms with E-state index in [0.717, 1.165) is 42.6 Å². The fraction of sp³-hybridized carbons (Fsp3) is 0.375. The second-order valence-corrected chi connectivity index (χ2v) is 5.56. The second-order valence-electron chi connectivity index (χ2n) is 5.56. The smallest absolute Gasteiger partial charge is 0.306 e. The Morgan fingerprint density at radius 1 is 1.19 bits per heavy atom. The van der Waals surface area contributed by atoms with Crippen molar-refractivity contribution in [3.05, 3.63) is 36.5 Å². The number of carboxylic acid groups (broad SMARTS) is 1. The second kappa shape index (κ2) is 5.99. The lowest BCUT2D eigenvalue weighted by Crippen LogP contribution is -2.29. The summed E-state index contributed by atoms with van der Waals surface area (Å²) in [6.45, 7) is 0. The molecule has 0 unspecified atom stereocenters. The molecule has 1 aliphatic carbocycles. The van der Waals surface area contributed by atoms with E-state index in [2.05, 4.69) is 15.5 Å². The molecule has 3 N–H and O–H groups in total. The summed E-state index contributed by atoms with van der Waals surface area (Å²) >= 11 is 0. The van der Waals surface area contributed by atoms with Crippen molar-refractivity contribution in [1.29, 1.82) is 0 Å². The van der Waals surface area contributed by atoms with Crippen LogP contribution in [0.3, 0.4) is 0 Å². The zero-order valence-electron chi connectivity index (χ0n) is 11.7. The van der Waals surface area contributed by atoms with E-state index in [1.54, 1.807) is 6.20 Å². The van der Waals surface area contributed by atoms with Gasteiger partial charge < -0.3 is 10.4 Å². The van der Waals surface area contributed by atoms with Crippen molar-refractivity contribution in [1.82, 2.24) is 10.2 Å². The van der Waals surface area contributed by atoms with Crippen LogP contribution in [-0.2, 0) is 4.79 Å². The third-order valence-electron chi connectivity index (χ3n) is 4.14. The SMILES string of the molecule is O=C(O)C1CCC(Nc2cn[nH]c2-c2ccccc2)CC1. The molecule has 5 nitrogen and oxygen atoms in total. The summed E-state index contributed by atoms with van der Waals surface area (Å²) in [4.78, 5) is 11.0. The van der Waals surface area contributed by atoms with E-state index in [1.165, 1.54) is 0 Å². The predicted molar refractivity (Wildman–Crippen MR) is 81.0 cm³/mol. The average Bonchev–Trinajstić information content (AvgIpc) is 2.97. The van der Waals surface area contributed by atoms with Crippen LogP contribution in [0.5, 0.6) is 0 Å². The summed E-state index contributed by atoms with van der Waals surface area (Å²) in [6.07, 6.45) is 5.05. The van der Waals surface area contributed by atoms with E-state index in [0.29, 0.717) is 6.04 Å². The van der Waals surface area contributed by atoms with Gasteiger partial charge in [0.05, 0.1) is 23.5 Å². The topological polar surface area (TPSA) is 78.0 Å². The molecule has 1 fully saturated rings. The van der Waals surface area contributed by atoms with Gasteiger partial charge in [-0.3, -0.25) is 9.89 Å². The number of aromatic amines is 1. The Bertz CT molecular complexity index is 601. The van der Waals surface area contributed by atoms with E-state index in [1.807, 2.05) is 30.3 Å². The number of rotatable bonds is 4. The minimum Gasteiger partial charge on any atom is -0.481 e. The number of nitrogens with one attached hydrogen (secondary N) is 2. The monoisotopic (exact) mass is 285 g/mol. The number of hydrogen-bond donors (Lipinski definition) is 3. The summed E-state index contributed by atoms with van der Waals surface area (Å²) in [5, 5.41) is 19.7. The lowest BCUT2D eigenvalue weighted by Gasteiger charge is -2.27. The number of nitrogens with zero attached hydrogens (tertiary/aromatic N) is 1. The van der Waals surface area contributed by atoms with E-state index in [-0.39, 0.29) is 5.92 Å². The van der Waals surface area contributed by atoms with Gasteiger partial charge in [-0.15, -0.1) is 0 Å². The molecular formula is C16H19N3O2. The molecule has 1 heterocycles. The van der Waals surface area contributed by atoms with Crippen molar-refractivity contribution < 1.29 is 9.90 Å². The maximum absolute atomic E-state index is 11.0. The number of carbonyl (C=O) groups is 1. The zero-order chi connectivity index (χ0) is 14.7. The van der Waals surface area contributed by atoms with Crippen LogP contribution in [0.1, 0.15) is 25.7 Å². The van der Waals surface area contributed by atoms with Gasteiger partial charge in [-0.05, 0) is 25.7 Å². The average molecular weight is 285 g/mol. The van der Waals surface area contributed by atoms with Crippen LogP contribution in [0, 0.1) is 5.92 Å². The molecular weight excluding hydrogens is 266 g/mol. The highest BCUT2D eigenvalue weighted by atomic mass is 16.4. The highest BCUT2D eigenvalue weighted by molar-refractivity contribution is 5.74. The molecule has 0 spiro atoms. The van der Waals surface area contributed by atoms with Gasteiger partial charge in [0.2, 0.25) is 0 Å². The Balaban J connectivity index is 1.67. The van der Waals surface area contributed by atoms with Crippen LogP contribution in [0.2, 0.25) is 0 Å². The van der Waals surface area contributed by atoms with Crippen molar-refractivity contribution in [2.45, 2.75) is 31.7 Å². The molecule has 21 heavy (non-hydrogen) atoms. The summed E-state index contributed by atoms with van der Waals surface area (Å²) in [6, 6.07) is 10.4. The van der Waals surface area contributed by atoms with Gasteiger partial charge in [0.25, 0.3) is 0 Å². The highest BCUT2D eigenvalue weighted by Gasteiger charge is 2.26. The molecule has 1 aromatic heterocycles. The van der Waals surface area contributed by atoms with Crippen molar-refractivity contribution in [2.24, 2.45) is 5.92 Å². The van der Waals surface area contributed by atoms with Gasteiger partial charge in [0.15, 0.2) is 0 Å². The molecule has 1 aliphatic rings. The minimum atomic E-state index is -0.665. The molecule has 0 radical (unpaired) electrons. The van der Waals surface area contributed by atoms with Gasteiger partial charge in [-0.1, -0.05) is 30.3 Å². The number of hydrogen-bond acceptors (Lipinski definition) is 3. The molecule has 0 saturated heterocycles. The van der Waals surface area contributed by atoms with Crippen LogP contribution < -0.4 is 5.32 Å². The number of aromatic nitrogens is 2. The number of aliphatic carboxylic acids is 1. The molecule has 1 aromatic carbocycles. The maximum Gasteiger partial charge on any atom is 0.306 e. The minimum absolute atomic E-state index is 0.180. The summed E-state index contributed by atoms with van der Waals surface area (Å²) < 4.78 is 0. The first-order chi connectivity index (χ1) is 10.2. The van der Waals surface area contributed by atoms with Gasteiger partial charge in [0, 0.05) is 11.6 Å². The van der Waals surface area contributed by atoms with Crippen LogP contribution >= 0.6 is 0 Å². The molecule has 110 valence electrons. The molecule has 0 bridgehead atoms.